The van der Waals surface area contributed by atoms with E-state index in [1.165, 1.54) is 4.90 Å². The van der Waals surface area contributed by atoms with Crippen molar-refractivity contribution in [3.63, 3.8) is 0 Å². The number of amides is 3. The predicted molar refractivity (Wildman–Crippen MR) is 125 cm³/mol. The molecule has 7 nitrogen and oxygen atoms in total. The molecule has 0 saturated carbocycles. The molecule has 2 aromatic carbocycles. The first-order valence-electron chi connectivity index (χ1n) is 10.3. The Morgan fingerprint density at radius 3 is 2.62 bits per heavy atom. The van der Waals surface area contributed by atoms with Crippen molar-refractivity contribution >= 4 is 45.8 Å². The van der Waals surface area contributed by atoms with Crippen LogP contribution in [0.4, 0.5) is 4.79 Å². The van der Waals surface area contributed by atoms with Crippen LogP contribution in [-0.4, -0.2) is 39.7 Å². The van der Waals surface area contributed by atoms with Crippen LogP contribution >= 0.6 is 11.8 Å². The van der Waals surface area contributed by atoms with Gasteiger partial charge in [0.15, 0.2) is 0 Å². The maximum Gasteiger partial charge on any atom is 0.293 e. The first-order valence-corrected chi connectivity index (χ1v) is 11.1. The molecule has 0 aliphatic carbocycles. The van der Waals surface area contributed by atoms with Crippen LogP contribution in [0.15, 0.2) is 59.6 Å². The second-order valence-corrected chi connectivity index (χ2v) is 8.33. The normalized spacial score (nSPS) is 15.2. The van der Waals surface area contributed by atoms with Crippen LogP contribution in [0.3, 0.4) is 0 Å². The number of para-hydroxylation sites is 2. The van der Waals surface area contributed by atoms with Crippen LogP contribution in [-0.2, 0) is 22.6 Å². The van der Waals surface area contributed by atoms with Gasteiger partial charge in [-0.2, -0.15) is 0 Å². The fourth-order valence-corrected chi connectivity index (χ4v) is 4.62. The number of hydrogen-bond donors (Lipinski definition) is 1. The van der Waals surface area contributed by atoms with Gasteiger partial charge in [-0.3, -0.25) is 19.3 Å². The molecule has 32 heavy (non-hydrogen) atoms. The van der Waals surface area contributed by atoms with E-state index < -0.39 is 5.91 Å². The van der Waals surface area contributed by atoms with Crippen molar-refractivity contribution in [1.29, 1.82) is 0 Å². The minimum absolute atomic E-state index is 0.0413. The molecule has 0 bridgehead atoms. The lowest BCUT2D eigenvalue weighted by Crippen LogP contribution is -2.32. The first-order chi connectivity index (χ1) is 15.5. The molecule has 0 radical (unpaired) electrons. The number of nitrogens with two attached hydrogens (primary N) is 1. The van der Waals surface area contributed by atoms with Crippen LogP contribution in [0.2, 0.25) is 0 Å². The van der Waals surface area contributed by atoms with Crippen LogP contribution in [0, 0.1) is 0 Å². The number of aryl methyl sites for hydroxylation is 1. The molecule has 0 spiro atoms. The van der Waals surface area contributed by atoms with E-state index >= 15 is 0 Å². The van der Waals surface area contributed by atoms with Gasteiger partial charge >= 0.3 is 0 Å². The van der Waals surface area contributed by atoms with Crippen molar-refractivity contribution in [2.45, 2.75) is 19.9 Å². The van der Waals surface area contributed by atoms with Crippen molar-refractivity contribution < 1.29 is 19.1 Å². The number of hydrogen-bond acceptors (Lipinski definition) is 5. The lowest BCUT2D eigenvalue weighted by atomic mass is 10.1. The zero-order chi connectivity index (χ0) is 22.7. The van der Waals surface area contributed by atoms with E-state index in [9.17, 15) is 14.4 Å². The summed E-state index contributed by atoms with van der Waals surface area (Å²) in [6.07, 6.45) is 4.31. The van der Waals surface area contributed by atoms with Crippen molar-refractivity contribution in [1.82, 2.24) is 9.47 Å². The lowest BCUT2D eigenvalue weighted by Gasteiger charge is -2.13. The minimum atomic E-state index is -0.446. The number of rotatable bonds is 8. The van der Waals surface area contributed by atoms with Gasteiger partial charge in [0.25, 0.3) is 11.1 Å². The molecule has 3 amide bonds. The zero-order valence-electron chi connectivity index (χ0n) is 17.6. The van der Waals surface area contributed by atoms with E-state index in [1.54, 1.807) is 16.8 Å². The van der Waals surface area contributed by atoms with Crippen LogP contribution in [0.25, 0.3) is 17.0 Å². The molecular formula is C24H23N3O4S. The molecule has 0 atom stereocenters. The lowest BCUT2D eigenvalue weighted by molar-refractivity contribution is -0.123. The van der Waals surface area contributed by atoms with Crippen LogP contribution < -0.4 is 10.5 Å². The fraction of sp³-hybridized carbons (Fsp3) is 0.208. The number of ether oxygens (including phenoxy) is 1. The zero-order valence-corrected chi connectivity index (χ0v) is 18.4. The third kappa shape index (κ3) is 4.40. The van der Waals surface area contributed by atoms with E-state index in [-0.39, 0.29) is 30.8 Å². The Bertz CT molecular complexity index is 1220. The van der Waals surface area contributed by atoms with Crippen LogP contribution in [0.5, 0.6) is 5.75 Å². The summed E-state index contributed by atoms with van der Waals surface area (Å²) in [6, 6.07) is 15.1. The summed E-state index contributed by atoms with van der Waals surface area (Å²) in [5.74, 6) is -0.110. The Kier molecular flexibility index (Phi) is 6.32. The number of benzene rings is 2. The van der Waals surface area contributed by atoms with Crippen molar-refractivity contribution in [2.75, 3.05) is 13.2 Å². The Hall–Kier alpha value is -3.52. The highest BCUT2D eigenvalue weighted by atomic mass is 32.2. The second-order valence-electron chi connectivity index (χ2n) is 7.34. The van der Waals surface area contributed by atoms with E-state index in [2.05, 4.69) is 0 Å². The SMILES string of the molecule is CCc1cccc2c(/C=C3\SC(=O)N(CCOc4ccccc4)C3=O)cn(CC(N)=O)c12. The summed E-state index contributed by atoms with van der Waals surface area (Å²) >= 11 is 0.907. The Morgan fingerprint density at radius 2 is 1.91 bits per heavy atom. The molecule has 1 fully saturated rings. The van der Waals surface area contributed by atoms with Crippen molar-refractivity contribution in [3.8, 4) is 5.75 Å². The van der Waals surface area contributed by atoms with Gasteiger partial charge in [-0.15, -0.1) is 0 Å². The molecule has 3 aromatic rings. The summed E-state index contributed by atoms with van der Waals surface area (Å²) in [4.78, 5) is 38.4. The molecule has 1 aliphatic heterocycles. The molecular weight excluding hydrogens is 426 g/mol. The molecule has 1 aromatic heterocycles. The molecule has 1 aliphatic rings. The van der Waals surface area contributed by atoms with Gasteiger partial charge in [0.1, 0.15) is 18.9 Å². The number of carbonyl (C=O) groups excluding carboxylic acids is 3. The number of carbonyl (C=O) groups is 3. The van der Waals surface area contributed by atoms with Crippen molar-refractivity contribution in [2.24, 2.45) is 5.73 Å². The largest absolute Gasteiger partial charge is 0.492 e. The molecule has 4 rings (SSSR count). The quantitative estimate of drug-likeness (QED) is 0.528. The average molecular weight is 450 g/mol. The summed E-state index contributed by atoms with van der Waals surface area (Å²) in [5.41, 5.74) is 8.19. The molecule has 1 saturated heterocycles. The van der Waals surface area contributed by atoms with Gasteiger partial charge in [-0.1, -0.05) is 43.3 Å². The Labute approximate surface area is 189 Å². The molecule has 164 valence electrons. The monoisotopic (exact) mass is 449 g/mol. The third-order valence-electron chi connectivity index (χ3n) is 5.21. The van der Waals surface area contributed by atoms with Gasteiger partial charge in [-0.05, 0) is 42.0 Å². The second kappa shape index (κ2) is 9.32. The van der Waals surface area contributed by atoms with Gasteiger partial charge in [0.05, 0.1) is 17.0 Å². The summed E-state index contributed by atoms with van der Waals surface area (Å²) in [6.45, 7) is 2.46. The van der Waals surface area contributed by atoms with E-state index in [0.717, 1.165) is 40.2 Å². The molecule has 8 heteroatoms. The predicted octanol–water partition coefficient (Wildman–Crippen LogP) is 3.80. The Morgan fingerprint density at radius 1 is 1.12 bits per heavy atom. The van der Waals surface area contributed by atoms with E-state index in [0.29, 0.717) is 10.7 Å². The number of thioether (sulfide) groups is 1. The summed E-state index contributed by atoms with van der Waals surface area (Å²) in [5, 5.41) is 0.581. The molecule has 2 heterocycles. The number of fused-ring (bicyclic) bond motifs is 1. The van der Waals surface area contributed by atoms with Gasteiger partial charge in [0, 0.05) is 17.1 Å². The topological polar surface area (TPSA) is 94.6 Å². The van der Waals surface area contributed by atoms with E-state index in [4.69, 9.17) is 10.5 Å². The highest BCUT2D eigenvalue weighted by molar-refractivity contribution is 8.18. The summed E-state index contributed by atoms with van der Waals surface area (Å²) in [7, 11) is 0. The van der Waals surface area contributed by atoms with Gasteiger partial charge in [-0.25, -0.2) is 0 Å². The summed E-state index contributed by atoms with van der Waals surface area (Å²) < 4.78 is 7.43. The maximum absolute atomic E-state index is 12.9. The molecule has 0 unspecified atom stereocenters. The number of imide groups is 1. The van der Waals surface area contributed by atoms with Gasteiger partial charge < -0.3 is 15.0 Å². The van der Waals surface area contributed by atoms with Gasteiger partial charge in [0.2, 0.25) is 5.91 Å². The Balaban J connectivity index is 1.58. The average Bonchev–Trinajstić information content (AvgIpc) is 3.26. The highest BCUT2D eigenvalue weighted by Gasteiger charge is 2.35. The maximum atomic E-state index is 12.9. The standard InChI is InChI=1S/C24H23N3O4S/c1-2-16-7-6-10-19-17(14-26(22(16)19)15-21(25)28)13-20-23(29)27(24(30)32-20)11-12-31-18-8-4-3-5-9-18/h3-10,13-14H,2,11-12,15H2,1H3,(H2,25,28)/b20-13-. The number of nitrogens with zero attached hydrogens (tertiary/aromatic N) is 2. The van der Waals surface area contributed by atoms with E-state index in [1.807, 2.05) is 55.5 Å². The number of aromatic nitrogens is 1. The molecule has 2 N–H and O–H groups in total. The van der Waals surface area contributed by atoms with Crippen molar-refractivity contribution in [3.05, 3.63) is 70.8 Å². The fourth-order valence-electron chi connectivity index (χ4n) is 3.76. The highest BCUT2D eigenvalue weighted by Crippen LogP contribution is 2.34. The minimum Gasteiger partial charge on any atom is -0.492 e. The smallest absolute Gasteiger partial charge is 0.293 e. The third-order valence-corrected chi connectivity index (χ3v) is 6.11. The first kappa shape index (κ1) is 21.7. The number of primary amides is 1. The van der Waals surface area contributed by atoms with Crippen LogP contribution in [0.1, 0.15) is 18.1 Å².